The van der Waals surface area contributed by atoms with Crippen LogP contribution in [0.1, 0.15) is 18.5 Å². The average molecular weight is 193 g/mol. The Morgan fingerprint density at radius 3 is 3.14 bits per heavy atom. The molecular weight excluding hydrogens is 178 g/mol. The molecule has 0 radical (unpaired) electrons. The SMILES string of the molecule is C[C@H](O)CNC1COc2ccccc21. The van der Waals surface area contributed by atoms with Crippen molar-refractivity contribution >= 4 is 0 Å². The second-order valence-electron chi connectivity index (χ2n) is 3.66. The van der Waals surface area contributed by atoms with Crippen molar-refractivity contribution in [1.82, 2.24) is 5.32 Å². The van der Waals surface area contributed by atoms with E-state index in [0.29, 0.717) is 13.2 Å². The van der Waals surface area contributed by atoms with Gasteiger partial charge in [0.2, 0.25) is 0 Å². The number of rotatable bonds is 3. The van der Waals surface area contributed by atoms with E-state index in [-0.39, 0.29) is 12.1 Å². The first-order valence-electron chi connectivity index (χ1n) is 4.90. The lowest BCUT2D eigenvalue weighted by Gasteiger charge is -2.12. The van der Waals surface area contributed by atoms with Crippen molar-refractivity contribution in [1.29, 1.82) is 0 Å². The first-order valence-corrected chi connectivity index (χ1v) is 4.90. The molecule has 1 aromatic rings. The molecule has 0 spiro atoms. The molecule has 0 saturated carbocycles. The first kappa shape index (κ1) is 9.49. The van der Waals surface area contributed by atoms with Crippen molar-refractivity contribution in [2.45, 2.75) is 19.1 Å². The number of ether oxygens (including phenoxy) is 1. The fourth-order valence-corrected chi connectivity index (χ4v) is 1.64. The van der Waals surface area contributed by atoms with Crippen LogP contribution >= 0.6 is 0 Å². The van der Waals surface area contributed by atoms with Gasteiger partial charge in [-0.15, -0.1) is 0 Å². The number of aliphatic hydroxyl groups is 1. The van der Waals surface area contributed by atoms with E-state index in [2.05, 4.69) is 11.4 Å². The first-order chi connectivity index (χ1) is 6.77. The zero-order chi connectivity index (χ0) is 9.97. The summed E-state index contributed by atoms with van der Waals surface area (Å²) in [6, 6.07) is 8.22. The third-order valence-electron chi connectivity index (χ3n) is 2.36. The Labute approximate surface area is 83.7 Å². The molecular formula is C11H15NO2. The number of para-hydroxylation sites is 1. The monoisotopic (exact) mass is 193 g/mol. The molecule has 14 heavy (non-hydrogen) atoms. The Morgan fingerprint density at radius 1 is 1.57 bits per heavy atom. The van der Waals surface area contributed by atoms with Gasteiger partial charge in [-0.1, -0.05) is 18.2 Å². The van der Waals surface area contributed by atoms with E-state index >= 15 is 0 Å². The van der Waals surface area contributed by atoms with Gasteiger partial charge in [0, 0.05) is 12.1 Å². The highest BCUT2D eigenvalue weighted by Gasteiger charge is 2.22. The highest BCUT2D eigenvalue weighted by Crippen LogP contribution is 2.31. The summed E-state index contributed by atoms with van der Waals surface area (Å²) in [7, 11) is 0. The van der Waals surface area contributed by atoms with E-state index in [9.17, 15) is 0 Å². The fourth-order valence-electron chi connectivity index (χ4n) is 1.64. The molecule has 2 N–H and O–H groups in total. The summed E-state index contributed by atoms with van der Waals surface area (Å²) in [4.78, 5) is 0. The molecule has 1 aromatic carbocycles. The van der Waals surface area contributed by atoms with Crippen LogP contribution in [0.5, 0.6) is 5.75 Å². The maximum absolute atomic E-state index is 9.16. The van der Waals surface area contributed by atoms with Gasteiger partial charge >= 0.3 is 0 Å². The maximum Gasteiger partial charge on any atom is 0.124 e. The summed E-state index contributed by atoms with van der Waals surface area (Å²) in [6.45, 7) is 3.03. The Balaban J connectivity index is 2.03. The van der Waals surface area contributed by atoms with Crippen LogP contribution in [0, 0.1) is 0 Å². The van der Waals surface area contributed by atoms with Gasteiger partial charge < -0.3 is 15.2 Å². The standard InChI is InChI=1S/C11H15NO2/c1-8(13)6-12-10-7-14-11-5-3-2-4-9(10)11/h2-5,8,10,12-13H,6-7H2,1H3/t8-,10?/m0/s1. The number of hydrogen-bond acceptors (Lipinski definition) is 3. The summed E-state index contributed by atoms with van der Waals surface area (Å²) in [5.41, 5.74) is 1.19. The van der Waals surface area contributed by atoms with Crippen LogP contribution in [0.2, 0.25) is 0 Å². The van der Waals surface area contributed by atoms with Gasteiger partial charge in [-0.2, -0.15) is 0 Å². The molecule has 1 aliphatic rings. The smallest absolute Gasteiger partial charge is 0.124 e. The molecule has 1 aliphatic heterocycles. The topological polar surface area (TPSA) is 41.5 Å². The van der Waals surface area contributed by atoms with Gasteiger partial charge in [0.1, 0.15) is 12.4 Å². The van der Waals surface area contributed by atoms with E-state index in [1.807, 2.05) is 18.2 Å². The van der Waals surface area contributed by atoms with Crippen LogP contribution < -0.4 is 10.1 Å². The second-order valence-corrected chi connectivity index (χ2v) is 3.66. The number of benzene rings is 1. The lowest BCUT2D eigenvalue weighted by molar-refractivity contribution is 0.182. The Bertz CT molecular complexity index is 312. The van der Waals surface area contributed by atoms with Crippen molar-refractivity contribution in [3.05, 3.63) is 29.8 Å². The normalized spacial score (nSPS) is 21.4. The molecule has 76 valence electrons. The Kier molecular flexibility index (Phi) is 2.70. The van der Waals surface area contributed by atoms with Crippen LogP contribution in [0.25, 0.3) is 0 Å². The summed E-state index contributed by atoms with van der Waals surface area (Å²) in [5.74, 6) is 0.954. The van der Waals surface area contributed by atoms with Gasteiger partial charge in [-0.05, 0) is 13.0 Å². The minimum atomic E-state index is -0.317. The van der Waals surface area contributed by atoms with Gasteiger partial charge in [-0.25, -0.2) is 0 Å². The molecule has 0 amide bonds. The molecule has 3 heteroatoms. The van der Waals surface area contributed by atoms with E-state index in [0.717, 1.165) is 5.75 Å². The number of fused-ring (bicyclic) bond motifs is 1. The van der Waals surface area contributed by atoms with Crippen molar-refractivity contribution in [3.63, 3.8) is 0 Å². The quantitative estimate of drug-likeness (QED) is 0.755. The number of nitrogens with one attached hydrogen (secondary N) is 1. The molecule has 0 fully saturated rings. The van der Waals surface area contributed by atoms with Crippen molar-refractivity contribution in [3.8, 4) is 5.75 Å². The van der Waals surface area contributed by atoms with Gasteiger partial charge in [0.05, 0.1) is 12.1 Å². The van der Waals surface area contributed by atoms with Crippen molar-refractivity contribution < 1.29 is 9.84 Å². The number of hydrogen-bond donors (Lipinski definition) is 2. The molecule has 2 rings (SSSR count). The molecule has 0 bridgehead atoms. The molecule has 0 aromatic heterocycles. The lowest BCUT2D eigenvalue weighted by Crippen LogP contribution is -2.29. The third-order valence-corrected chi connectivity index (χ3v) is 2.36. The molecule has 1 unspecified atom stereocenters. The molecule has 2 atom stereocenters. The molecule has 0 aliphatic carbocycles. The largest absolute Gasteiger partial charge is 0.491 e. The highest BCUT2D eigenvalue weighted by molar-refractivity contribution is 5.39. The van der Waals surface area contributed by atoms with E-state index in [4.69, 9.17) is 9.84 Å². The minimum Gasteiger partial charge on any atom is -0.491 e. The van der Waals surface area contributed by atoms with Gasteiger partial charge in [0.25, 0.3) is 0 Å². The summed E-state index contributed by atoms with van der Waals surface area (Å²) < 4.78 is 5.50. The van der Waals surface area contributed by atoms with Crippen molar-refractivity contribution in [2.75, 3.05) is 13.2 Å². The Morgan fingerprint density at radius 2 is 2.36 bits per heavy atom. The minimum absolute atomic E-state index is 0.223. The third kappa shape index (κ3) is 1.89. The van der Waals surface area contributed by atoms with Crippen LogP contribution in [0.3, 0.4) is 0 Å². The summed E-state index contributed by atoms with van der Waals surface area (Å²) in [6.07, 6.45) is -0.317. The highest BCUT2D eigenvalue weighted by atomic mass is 16.5. The molecule has 0 saturated heterocycles. The fraction of sp³-hybridized carbons (Fsp3) is 0.455. The van der Waals surface area contributed by atoms with E-state index in [1.54, 1.807) is 6.92 Å². The lowest BCUT2D eigenvalue weighted by atomic mass is 10.1. The van der Waals surface area contributed by atoms with Crippen molar-refractivity contribution in [2.24, 2.45) is 0 Å². The van der Waals surface area contributed by atoms with Crippen LogP contribution in [0.15, 0.2) is 24.3 Å². The molecule has 3 nitrogen and oxygen atoms in total. The second kappa shape index (κ2) is 3.98. The van der Waals surface area contributed by atoms with Gasteiger partial charge in [-0.3, -0.25) is 0 Å². The van der Waals surface area contributed by atoms with E-state index < -0.39 is 0 Å². The zero-order valence-electron chi connectivity index (χ0n) is 8.23. The summed E-state index contributed by atoms with van der Waals surface area (Å²) in [5, 5.41) is 12.4. The van der Waals surface area contributed by atoms with Crippen LogP contribution in [0.4, 0.5) is 0 Å². The van der Waals surface area contributed by atoms with Crippen LogP contribution in [-0.2, 0) is 0 Å². The summed E-state index contributed by atoms with van der Waals surface area (Å²) >= 11 is 0. The number of aliphatic hydroxyl groups excluding tert-OH is 1. The predicted octanol–water partition coefficient (Wildman–Crippen LogP) is 1.09. The van der Waals surface area contributed by atoms with Gasteiger partial charge in [0.15, 0.2) is 0 Å². The Hall–Kier alpha value is -1.06. The van der Waals surface area contributed by atoms with E-state index in [1.165, 1.54) is 5.56 Å². The maximum atomic E-state index is 9.16. The zero-order valence-corrected chi connectivity index (χ0v) is 8.23. The average Bonchev–Trinajstić information content (AvgIpc) is 2.58. The van der Waals surface area contributed by atoms with Crippen LogP contribution in [-0.4, -0.2) is 24.4 Å². The predicted molar refractivity (Wildman–Crippen MR) is 54.4 cm³/mol. The molecule has 1 heterocycles.